The van der Waals surface area contributed by atoms with Gasteiger partial charge in [-0.15, -0.1) is 0 Å². The molecule has 1 heterocycles. The Morgan fingerprint density at radius 2 is 2.36 bits per heavy atom. The van der Waals surface area contributed by atoms with E-state index in [-0.39, 0.29) is 6.10 Å². The normalized spacial score (nSPS) is 19.8. The van der Waals surface area contributed by atoms with Crippen molar-refractivity contribution in [2.45, 2.75) is 32.0 Å². The molecule has 0 spiro atoms. The van der Waals surface area contributed by atoms with E-state index in [1.165, 1.54) is 0 Å². The summed E-state index contributed by atoms with van der Waals surface area (Å²) in [5.74, 6) is 1.53. The predicted octanol–water partition coefficient (Wildman–Crippen LogP) is 2.45. The highest BCUT2D eigenvalue weighted by molar-refractivity contribution is 6.30. The Labute approximate surface area is 137 Å². The lowest BCUT2D eigenvalue weighted by Gasteiger charge is -2.19. The second kappa shape index (κ2) is 8.86. The number of hydrogen-bond donors (Lipinski definition) is 2. The number of benzene rings is 1. The molecule has 1 aliphatic rings. The van der Waals surface area contributed by atoms with Crippen LogP contribution in [0.3, 0.4) is 0 Å². The fourth-order valence-electron chi connectivity index (χ4n) is 2.29. The lowest BCUT2D eigenvalue weighted by atomic mass is 10.2. The average molecular weight is 326 g/mol. The number of nitrogens with zero attached hydrogens (tertiary/aromatic N) is 1. The summed E-state index contributed by atoms with van der Waals surface area (Å²) in [6, 6.07) is 7.41. The lowest BCUT2D eigenvalue weighted by Crippen LogP contribution is -2.44. The number of aliphatic imine (C=N–C) groups is 1. The smallest absolute Gasteiger partial charge is 0.191 e. The molecule has 2 rings (SSSR count). The molecule has 0 aromatic heterocycles. The third-order valence-electron chi connectivity index (χ3n) is 3.44. The van der Waals surface area contributed by atoms with Gasteiger partial charge >= 0.3 is 0 Å². The Hall–Kier alpha value is -1.46. The molecule has 0 amide bonds. The van der Waals surface area contributed by atoms with Crippen molar-refractivity contribution in [3.8, 4) is 5.75 Å². The molecule has 1 aliphatic heterocycles. The standard InChI is InChI=1S/C16H24ClN3O2/c1-12(22-14-6-3-5-13(17)9-14)10-19-16(18-2)20-11-15-7-4-8-21-15/h3,5-6,9,12,15H,4,7-8,10-11H2,1-2H3,(H2,18,19,20). The first-order valence-electron chi connectivity index (χ1n) is 7.65. The maximum Gasteiger partial charge on any atom is 0.191 e. The van der Waals surface area contributed by atoms with Crippen LogP contribution < -0.4 is 15.4 Å². The summed E-state index contributed by atoms with van der Waals surface area (Å²) in [6.45, 7) is 4.30. The van der Waals surface area contributed by atoms with Gasteiger partial charge in [-0.25, -0.2) is 0 Å². The van der Waals surface area contributed by atoms with Crippen molar-refractivity contribution in [3.05, 3.63) is 29.3 Å². The molecule has 2 atom stereocenters. The number of nitrogens with one attached hydrogen (secondary N) is 2. The number of hydrogen-bond acceptors (Lipinski definition) is 3. The van der Waals surface area contributed by atoms with Crippen LogP contribution in [0.1, 0.15) is 19.8 Å². The second-order valence-corrected chi connectivity index (χ2v) is 5.79. The zero-order valence-corrected chi connectivity index (χ0v) is 13.9. The molecule has 0 bridgehead atoms. The van der Waals surface area contributed by atoms with E-state index < -0.39 is 0 Å². The molecule has 0 saturated carbocycles. The van der Waals surface area contributed by atoms with E-state index >= 15 is 0 Å². The molecule has 2 N–H and O–H groups in total. The van der Waals surface area contributed by atoms with E-state index in [0.717, 1.165) is 37.7 Å². The molecule has 6 heteroatoms. The van der Waals surface area contributed by atoms with Gasteiger partial charge in [0, 0.05) is 25.2 Å². The van der Waals surface area contributed by atoms with Crippen LogP contribution in [-0.2, 0) is 4.74 Å². The third-order valence-corrected chi connectivity index (χ3v) is 3.67. The molecule has 0 aliphatic carbocycles. The van der Waals surface area contributed by atoms with E-state index in [9.17, 15) is 0 Å². The SMILES string of the molecule is CN=C(NCC(C)Oc1cccc(Cl)c1)NCC1CCCO1. The molecule has 2 unspecified atom stereocenters. The first-order chi connectivity index (χ1) is 10.7. The summed E-state index contributed by atoms with van der Waals surface area (Å²) < 4.78 is 11.4. The van der Waals surface area contributed by atoms with Crippen LogP contribution in [-0.4, -0.2) is 44.9 Å². The highest BCUT2D eigenvalue weighted by atomic mass is 35.5. The molecule has 22 heavy (non-hydrogen) atoms. The average Bonchev–Trinajstić information content (AvgIpc) is 3.01. The first kappa shape index (κ1) is 16.9. The van der Waals surface area contributed by atoms with E-state index in [0.29, 0.717) is 17.7 Å². The van der Waals surface area contributed by atoms with E-state index in [1.807, 2.05) is 31.2 Å². The van der Waals surface area contributed by atoms with Crippen molar-refractivity contribution in [3.63, 3.8) is 0 Å². The second-order valence-electron chi connectivity index (χ2n) is 5.35. The molecule has 122 valence electrons. The van der Waals surface area contributed by atoms with Crippen molar-refractivity contribution in [1.82, 2.24) is 10.6 Å². The van der Waals surface area contributed by atoms with Gasteiger partial charge in [-0.1, -0.05) is 17.7 Å². The largest absolute Gasteiger partial charge is 0.489 e. The van der Waals surface area contributed by atoms with Gasteiger partial charge < -0.3 is 20.1 Å². The fraction of sp³-hybridized carbons (Fsp3) is 0.562. The number of ether oxygens (including phenoxy) is 2. The topological polar surface area (TPSA) is 54.9 Å². The van der Waals surface area contributed by atoms with Gasteiger partial charge in [0.1, 0.15) is 11.9 Å². The van der Waals surface area contributed by atoms with E-state index in [4.69, 9.17) is 21.1 Å². The zero-order valence-electron chi connectivity index (χ0n) is 13.1. The van der Waals surface area contributed by atoms with Crippen LogP contribution in [0.4, 0.5) is 0 Å². The quantitative estimate of drug-likeness (QED) is 0.623. The minimum absolute atomic E-state index is 0.000234. The minimum atomic E-state index is -0.000234. The molecule has 0 radical (unpaired) electrons. The summed E-state index contributed by atoms with van der Waals surface area (Å²) in [5, 5.41) is 7.20. The molecule has 1 saturated heterocycles. The summed E-state index contributed by atoms with van der Waals surface area (Å²) in [6.07, 6.45) is 2.54. The van der Waals surface area contributed by atoms with Gasteiger partial charge in [-0.3, -0.25) is 4.99 Å². The van der Waals surface area contributed by atoms with E-state index in [1.54, 1.807) is 7.05 Å². The van der Waals surface area contributed by atoms with Crippen molar-refractivity contribution >= 4 is 17.6 Å². The van der Waals surface area contributed by atoms with Gasteiger partial charge in [-0.05, 0) is 38.0 Å². The molecule has 5 nitrogen and oxygen atoms in total. The number of guanidine groups is 1. The van der Waals surface area contributed by atoms with Gasteiger partial charge in [0.05, 0.1) is 12.6 Å². The van der Waals surface area contributed by atoms with Crippen LogP contribution in [0.5, 0.6) is 5.75 Å². The Kier molecular flexibility index (Phi) is 6.80. The van der Waals surface area contributed by atoms with Gasteiger partial charge in [0.15, 0.2) is 5.96 Å². The zero-order chi connectivity index (χ0) is 15.8. The summed E-state index contributed by atoms with van der Waals surface area (Å²) in [7, 11) is 1.76. The third kappa shape index (κ3) is 5.73. The van der Waals surface area contributed by atoms with Crippen LogP contribution in [0.15, 0.2) is 29.3 Å². The van der Waals surface area contributed by atoms with Gasteiger partial charge in [0.2, 0.25) is 0 Å². The highest BCUT2D eigenvalue weighted by Crippen LogP contribution is 2.18. The van der Waals surface area contributed by atoms with Crippen LogP contribution in [0.2, 0.25) is 5.02 Å². The summed E-state index contributed by atoms with van der Waals surface area (Å²) >= 11 is 5.95. The molecule has 1 aromatic rings. The Morgan fingerprint density at radius 3 is 3.05 bits per heavy atom. The highest BCUT2D eigenvalue weighted by Gasteiger charge is 2.15. The molecule has 1 fully saturated rings. The first-order valence-corrected chi connectivity index (χ1v) is 8.03. The van der Waals surface area contributed by atoms with Crippen LogP contribution >= 0.6 is 11.6 Å². The van der Waals surface area contributed by atoms with Crippen molar-refractivity contribution < 1.29 is 9.47 Å². The molecule has 1 aromatic carbocycles. The van der Waals surface area contributed by atoms with Crippen molar-refractivity contribution in [2.24, 2.45) is 4.99 Å². The van der Waals surface area contributed by atoms with E-state index in [2.05, 4.69) is 15.6 Å². The summed E-state index contributed by atoms with van der Waals surface area (Å²) in [5.41, 5.74) is 0. The lowest BCUT2D eigenvalue weighted by molar-refractivity contribution is 0.113. The minimum Gasteiger partial charge on any atom is -0.489 e. The fourth-order valence-corrected chi connectivity index (χ4v) is 2.47. The predicted molar refractivity (Wildman–Crippen MR) is 89.9 cm³/mol. The van der Waals surface area contributed by atoms with Gasteiger partial charge in [0.25, 0.3) is 0 Å². The maximum absolute atomic E-state index is 5.95. The van der Waals surface area contributed by atoms with Crippen LogP contribution in [0, 0.1) is 0 Å². The Bertz CT molecular complexity index is 490. The van der Waals surface area contributed by atoms with Gasteiger partial charge in [-0.2, -0.15) is 0 Å². The maximum atomic E-state index is 5.95. The Morgan fingerprint density at radius 1 is 1.50 bits per heavy atom. The van der Waals surface area contributed by atoms with Crippen molar-refractivity contribution in [2.75, 3.05) is 26.7 Å². The van der Waals surface area contributed by atoms with Crippen LogP contribution in [0.25, 0.3) is 0 Å². The number of rotatable bonds is 6. The monoisotopic (exact) mass is 325 g/mol. The Balaban J connectivity index is 1.70. The molecular formula is C16H24ClN3O2. The number of halogens is 1. The summed E-state index contributed by atoms with van der Waals surface area (Å²) in [4.78, 5) is 4.20. The molecular weight excluding hydrogens is 302 g/mol. The van der Waals surface area contributed by atoms with Crippen molar-refractivity contribution in [1.29, 1.82) is 0 Å².